The molecular formula is C60H40N2S. The van der Waals surface area contributed by atoms with Gasteiger partial charge in [-0.05, 0) is 99.6 Å². The molecule has 0 radical (unpaired) electrons. The second-order valence-corrected chi connectivity index (χ2v) is 17.1. The molecule has 0 atom stereocenters. The minimum atomic E-state index is 1.10. The van der Waals surface area contributed by atoms with Crippen molar-refractivity contribution in [3.63, 3.8) is 0 Å². The van der Waals surface area contributed by atoms with Crippen molar-refractivity contribution in [2.75, 3.05) is 4.90 Å². The molecule has 3 heteroatoms. The highest BCUT2D eigenvalue weighted by Gasteiger charge is 2.23. The fourth-order valence-corrected chi connectivity index (χ4v) is 10.8. The molecular weight excluding hydrogens is 781 g/mol. The lowest BCUT2D eigenvalue weighted by molar-refractivity contribution is 1.18. The first-order valence-corrected chi connectivity index (χ1v) is 22.3. The van der Waals surface area contributed by atoms with Gasteiger partial charge in [0.1, 0.15) is 0 Å². The summed E-state index contributed by atoms with van der Waals surface area (Å²) < 4.78 is 4.93. The smallest absolute Gasteiger partial charge is 0.0640 e. The van der Waals surface area contributed by atoms with Gasteiger partial charge in [0.15, 0.2) is 0 Å². The van der Waals surface area contributed by atoms with Crippen molar-refractivity contribution >= 4 is 70.4 Å². The summed E-state index contributed by atoms with van der Waals surface area (Å²) in [6, 6.07) is 88.3. The van der Waals surface area contributed by atoms with E-state index < -0.39 is 0 Å². The molecule has 63 heavy (non-hydrogen) atoms. The van der Waals surface area contributed by atoms with Gasteiger partial charge in [-0.15, -0.1) is 11.3 Å². The Hall–Kier alpha value is -7.98. The molecule has 0 aliphatic heterocycles. The molecule has 0 aliphatic rings. The lowest BCUT2D eigenvalue weighted by atomic mass is 9.88. The summed E-state index contributed by atoms with van der Waals surface area (Å²) in [5, 5.41) is 5.05. The third-order valence-electron chi connectivity index (χ3n) is 12.4. The largest absolute Gasteiger partial charge is 0.309 e. The summed E-state index contributed by atoms with van der Waals surface area (Å²) >= 11 is 1.87. The highest BCUT2D eigenvalue weighted by Crippen LogP contribution is 2.49. The predicted molar refractivity (Wildman–Crippen MR) is 270 cm³/mol. The fourth-order valence-electron chi connectivity index (χ4n) is 9.56. The van der Waals surface area contributed by atoms with Crippen LogP contribution < -0.4 is 4.90 Å². The Balaban J connectivity index is 1.03. The Labute approximate surface area is 370 Å². The van der Waals surface area contributed by atoms with E-state index in [4.69, 9.17) is 0 Å². The molecule has 0 amide bonds. The van der Waals surface area contributed by atoms with Crippen molar-refractivity contribution in [2.45, 2.75) is 0 Å². The van der Waals surface area contributed by atoms with Crippen LogP contribution in [0, 0.1) is 0 Å². The predicted octanol–water partition coefficient (Wildman–Crippen LogP) is 17.3. The maximum absolute atomic E-state index is 2.48. The van der Waals surface area contributed by atoms with Crippen LogP contribution in [0.1, 0.15) is 0 Å². The Kier molecular flexibility index (Phi) is 9.06. The summed E-state index contributed by atoms with van der Waals surface area (Å²) in [4.78, 5) is 2.48. The number of thiophene rings is 1. The first-order chi connectivity index (χ1) is 31.3. The zero-order valence-corrected chi connectivity index (χ0v) is 35.2. The number of fused-ring (bicyclic) bond motifs is 6. The zero-order chi connectivity index (χ0) is 41.7. The lowest BCUT2D eigenvalue weighted by Gasteiger charge is -2.29. The van der Waals surface area contributed by atoms with E-state index in [9.17, 15) is 0 Å². The van der Waals surface area contributed by atoms with Crippen molar-refractivity contribution in [3.8, 4) is 50.2 Å². The van der Waals surface area contributed by atoms with Crippen molar-refractivity contribution in [1.82, 2.24) is 4.57 Å². The summed E-state index contributed by atoms with van der Waals surface area (Å²) in [5.41, 5.74) is 16.5. The zero-order valence-electron chi connectivity index (χ0n) is 34.4. The first-order valence-electron chi connectivity index (χ1n) is 21.5. The number of hydrogen-bond donors (Lipinski definition) is 0. The molecule has 0 N–H and O–H groups in total. The van der Waals surface area contributed by atoms with Crippen LogP contribution in [0.4, 0.5) is 17.1 Å². The standard InChI is InChI=1S/C60H40N2S/c1-3-18-42(19-4-1)46-22-7-8-23-47(46)48-24-9-10-25-49(48)50-26-11-14-30-55(50)62(58-32-17-29-53-52-28-13-16-33-59(52)63-60(53)58)45-37-34-41(35-38-45)43-36-39-57-54(40-43)51-27-12-15-31-56(51)61(57)44-20-5-2-6-21-44/h1-40H. The number of aromatic nitrogens is 1. The molecule has 0 fully saturated rings. The van der Waals surface area contributed by atoms with Gasteiger partial charge in [0, 0.05) is 43.2 Å². The number of rotatable bonds is 8. The van der Waals surface area contributed by atoms with Crippen LogP contribution >= 0.6 is 11.3 Å². The molecule has 2 aromatic heterocycles. The second-order valence-electron chi connectivity index (χ2n) is 16.0. The van der Waals surface area contributed by atoms with Gasteiger partial charge in [-0.1, -0.05) is 182 Å². The molecule has 0 aliphatic carbocycles. The third-order valence-corrected chi connectivity index (χ3v) is 13.6. The van der Waals surface area contributed by atoms with Crippen molar-refractivity contribution in [2.24, 2.45) is 0 Å². The van der Waals surface area contributed by atoms with E-state index in [1.807, 2.05) is 11.3 Å². The molecule has 0 saturated heterocycles. The van der Waals surface area contributed by atoms with Gasteiger partial charge in [0.05, 0.1) is 27.1 Å². The van der Waals surface area contributed by atoms with Crippen molar-refractivity contribution < 1.29 is 0 Å². The van der Waals surface area contributed by atoms with Crippen LogP contribution in [0.3, 0.4) is 0 Å². The SMILES string of the molecule is c1ccc(-c2ccccc2-c2ccccc2-c2ccccc2N(c2ccc(-c3ccc4c(c3)c3ccccc3n4-c3ccccc3)cc2)c2cccc3c2sc2ccccc23)cc1. The molecule has 10 aromatic carbocycles. The van der Waals surface area contributed by atoms with Gasteiger partial charge in [0.2, 0.25) is 0 Å². The summed E-state index contributed by atoms with van der Waals surface area (Å²) in [5.74, 6) is 0. The Morgan fingerprint density at radius 2 is 0.857 bits per heavy atom. The van der Waals surface area contributed by atoms with Crippen molar-refractivity contribution in [1.29, 1.82) is 0 Å². The van der Waals surface area contributed by atoms with Gasteiger partial charge in [0.25, 0.3) is 0 Å². The lowest BCUT2D eigenvalue weighted by Crippen LogP contribution is -2.11. The van der Waals surface area contributed by atoms with Crippen LogP contribution in [0.5, 0.6) is 0 Å². The van der Waals surface area contributed by atoms with E-state index in [1.165, 1.54) is 86.5 Å². The van der Waals surface area contributed by atoms with Crippen LogP contribution in [-0.2, 0) is 0 Å². The second kappa shape index (κ2) is 15.5. The van der Waals surface area contributed by atoms with E-state index in [0.717, 1.165) is 22.7 Å². The van der Waals surface area contributed by atoms with Crippen LogP contribution in [0.2, 0.25) is 0 Å². The summed E-state index contributed by atoms with van der Waals surface area (Å²) in [6.07, 6.45) is 0. The van der Waals surface area contributed by atoms with Gasteiger partial charge in [-0.2, -0.15) is 0 Å². The average molecular weight is 821 g/mol. The number of para-hydroxylation sites is 3. The van der Waals surface area contributed by atoms with Gasteiger partial charge < -0.3 is 9.47 Å². The van der Waals surface area contributed by atoms with Gasteiger partial charge in [-0.25, -0.2) is 0 Å². The molecule has 12 aromatic rings. The molecule has 0 saturated carbocycles. The highest BCUT2D eigenvalue weighted by molar-refractivity contribution is 7.26. The highest BCUT2D eigenvalue weighted by atomic mass is 32.1. The maximum atomic E-state index is 2.48. The number of benzene rings is 10. The topological polar surface area (TPSA) is 8.17 Å². The molecule has 296 valence electrons. The molecule has 2 nitrogen and oxygen atoms in total. The average Bonchev–Trinajstić information content (AvgIpc) is 3.91. The molecule has 0 unspecified atom stereocenters. The molecule has 2 heterocycles. The van der Waals surface area contributed by atoms with Gasteiger partial charge in [-0.3, -0.25) is 0 Å². The monoisotopic (exact) mass is 820 g/mol. The van der Waals surface area contributed by atoms with Gasteiger partial charge >= 0.3 is 0 Å². The van der Waals surface area contributed by atoms with E-state index in [-0.39, 0.29) is 0 Å². The molecule has 0 bridgehead atoms. The minimum absolute atomic E-state index is 1.10. The third kappa shape index (κ3) is 6.33. The van der Waals surface area contributed by atoms with Crippen LogP contribution in [-0.4, -0.2) is 4.57 Å². The minimum Gasteiger partial charge on any atom is -0.309 e. The number of hydrogen-bond acceptors (Lipinski definition) is 2. The van der Waals surface area contributed by atoms with E-state index in [0.29, 0.717) is 0 Å². The van der Waals surface area contributed by atoms with Crippen molar-refractivity contribution in [3.05, 3.63) is 243 Å². The van der Waals surface area contributed by atoms with E-state index in [1.54, 1.807) is 0 Å². The Bertz CT molecular complexity index is 3620. The van der Waals surface area contributed by atoms with Crippen LogP contribution in [0.15, 0.2) is 243 Å². The summed E-state index contributed by atoms with van der Waals surface area (Å²) in [7, 11) is 0. The fraction of sp³-hybridized carbons (Fsp3) is 0. The molecule has 0 spiro atoms. The molecule has 12 rings (SSSR count). The number of nitrogens with zero attached hydrogens (tertiary/aromatic N) is 2. The summed E-state index contributed by atoms with van der Waals surface area (Å²) in [6.45, 7) is 0. The van der Waals surface area contributed by atoms with Crippen LogP contribution in [0.25, 0.3) is 92.2 Å². The quantitative estimate of drug-likeness (QED) is 0.148. The maximum Gasteiger partial charge on any atom is 0.0640 e. The first kappa shape index (κ1) is 36.8. The normalized spacial score (nSPS) is 11.5. The Morgan fingerprint density at radius 1 is 0.317 bits per heavy atom. The Morgan fingerprint density at radius 3 is 1.63 bits per heavy atom. The van der Waals surface area contributed by atoms with E-state index in [2.05, 4.69) is 252 Å². The number of anilines is 3. The van der Waals surface area contributed by atoms with E-state index >= 15 is 0 Å².